The van der Waals surface area contributed by atoms with Crippen molar-refractivity contribution in [2.45, 2.75) is 6.54 Å². The lowest BCUT2D eigenvalue weighted by atomic mass is 10.2. The minimum Gasteiger partial charge on any atom is -0.353 e. The zero-order valence-corrected chi connectivity index (χ0v) is 18.3. The summed E-state index contributed by atoms with van der Waals surface area (Å²) in [5.41, 5.74) is 1.86. The van der Waals surface area contributed by atoms with E-state index in [1.807, 2.05) is 39.8 Å². The molecule has 0 aliphatic carbocycles. The summed E-state index contributed by atoms with van der Waals surface area (Å²) in [6.45, 7) is 2.35. The molecule has 0 saturated carbocycles. The molecule has 1 saturated heterocycles. The van der Waals surface area contributed by atoms with Crippen molar-refractivity contribution in [3.05, 3.63) is 100 Å². The molecule has 34 heavy (non-hydrogen) atoms. The molecule has 172 valence electrons. The summed E-state index contributed by atoms with van der Waals surface area (Å²) in [5, 5.41) is 11.8. The topological polar surface area (TPSA) is 84.5 Å². The quantitative estimate of drug-likeness (QED) is 0.332. The highest BCUT2D eigenvalue weighted by atomic mass is 19.1. The third kappa shape index (κ3) is 4.07. The van der Waals surface area contributed by atoms with Gasteiger partial charge in [0.05, 0.1) is 11.5 Å². The minimum absolute atomic E-state index is 0.0553. The summed E-state index contributed by atoms with van der Waals surface area (Å²) in [4.78, 5) is 31.9. The molecule has 0 spiro atoms. The maximum absolute atomic E-state index is 14.4. The van der Waals surface area contributed by atoms with Crippen molar-refractivity contribution < 1.29 is 14.1 Å². The molecule has 1 amide bonds. The van der Waals surface area contributed by atoms with Crippen molar-refractivity contribution in [3.63, 3.8) is 0 Å². The Balaban J connectivity index is 1.37. The number of rotatable bonds is 5. The first-order valence-electron chi connectivity index (χ1n) is 11.0. The van der Waals surface area contributed by atoms with Crippen LogP contribution in [0.2, 0.25) is 0 Å². The average molecular weight is 459 g/mol. The highest BCUT2D eigenvalue weighted by Crippen LogP contribution is 2.24. The molecule has 4 aromatic rings. The Bertz CT molecular complexity index is 1360. The summed E-state index contributed by atoms with van der Waals surface area (Å²) >= 11 is 0. The highest BCUT2D eigenvalue weighted by molar-refractivity contribution is 5.99. The van der Waals surface area contributed by atoms with E-state index >= 15 is 0 Å². The monoisotopic (exact) mass is 459 g/mol. The number of carbonyl (C=O) groups excluding carboxylic acids is 1. The van der Waals surface area contributed by atoms with Crippen LogP contribution in [0.25, 0.3) is 10.9 Å². The van der Waals surface area contributed by atoms with Crippen LogP contribution in [0.4, 0.5) is 15.9 Å². The second kappa shape index (κ2) is 8.93. The molecule has 2 aromatic carbocycles. The van der Waals surface area contributed by atoms with Gasteiger partial charge in [-0.15, -0.1) is 0 Å². The molecule has 0 N–H and O–H groups in total. The lowest BCUT2D eigenvalue weighted by molar-refractivity contribution is -0.385. The Morgan fingerprint density at radius 2 is 1.74 bits per heavy atom. The summed E-state index contributed by atoms with van der Waals surface area (Å²) in [5.74, 6) is 0.234. The van der Waals surface area contributed by atoms with Gasteiger partial charge in [0, 0.05) is 48.7 Å². The number of hydrogen-bond acceptors (Lipinski definition) is 5. The van der Waals surface area contributed by atoms with Crippen molar-refractivity contribution in [2.24, 2.45) is 0 Å². The van der Waals surface area contributed by atoms with Gasteiger partial charge in [-0.25, -0.2) is 9.37 Å². The normalized spacial score (nSPS) is 13.9. The Hall–Kier alpha value is -4.27. The first-order valence-corrected chi connectivity index (χ1v) is 11.0. The van der Waals surface area contributed by atoms with Crippen molar-refractivity contribution in [2.75, 3.05) is 31.1 Å². The number of nitrogens with zero attached hydrogens (tertiary/aromatic N) is 5. The molecular formula is C25H22FN5O3. The van der Waals surface area contributed by atoms with Gasteiger partial charge in [0.1, 0.15) is 23.5 Å². The van der Waals surface area contributed by atoms with Gasteiger partial charge in [0.2, 0.25) is 0 Å². The van der Waals surface area contributed by atoms with E-state index in [2.05, 4.69) is 4.98 Å². The SMILES string of the molecule is O=C(c1cc2ccccc2n1Cc1ccccc1F)N1CCN(c2ccc([N+](=O)[O-])cn2)CC1. The molecule has 5 rings (SSSR count). The lowest BCUT2D eigenvalue weighted by Crippen LogP contribution is -2.49. The van der Waals surface area contributed by atoms with E-state index < -0.39 is 4.92 Å². The number of pyridine rings is 1. The van der Waals surface area contributed by atoms with Crippen molar-refractivity contribution in [3.8, 4) is 0 Å². The smallest absolute Gasteiger partial charge is 0.287 e. The molecule has 0 unspecified atom stereocenters. The molecule has 0 radical (unpaired) electrons. The van der Waals surface area contributed by atoms with Crippen LogP contribution in [0.1, 0.15) is 16.1 Å². The first-order chi connectivity index (χ1) is 16.5. The van der Waals surface area contributed by atoms with Crippen LogP contribution < -0.4 is 4.90 Å². The van der Waals surface area contributed by atoms with Crippen molar-refractivity contribution in [1.82, 2.24) is 14.5 Å². The van der Waals surface area contributed by atoms with Crippen LogP contribution in [-0.2, 0) is 6.54 Å². The van der Waals surface area contributed by atoms with Gasteiger partial charge in [-0.2, -0.15) is 0 Å². The third-order valence-corrected chi connectivity index (χ3v) is 6.15. The number of amides is 1. The van der Waals surface area contributed by atoms with Crippen molar-refractivity contribution >= 4 is 28.3 Å². The van der Waals surface area contributed by atoms with Gasteiger partial charge < -0.3 is 14.4 Å². The molecule has 0 atom stereocenters. The maximum Gasteiger partial charge on any atom is 0.287 e. The third-order valence-electron chi connectivity index (χ3n) is 6.15. The van der Waals surface area contributed by atoms with Crippen molar-refractivity contribution in [1.29, 1.82) is 0 Å². The second-order valence-corrected chi connectivity index (χ2v) is 8.18. The molecule has 1 aliphatic heterocycles. The summed E-state index contributed by atoms with van der Waals surface area (Å²) in [6, 6.07) is 19.2. The highest BCUT2D eigenvalue weighted by Gasteiger charge is 2.26. The summed E-state index contributed by atoms with van der Waals surface area (Å²) in [7, 11) is 0. The Kier molecular flexibility index (Phi) is 5.67. The van der Waals surface area contributed by atoms with E-state index in [9.17, 15) is 19.3 Å². The number of benzene rings is 2. The van der Waals surface area contributed by atoms with Crippen LogP contribution in [0.15, 0.2) is 72.9 Å². The van der Waals surface area contributed by atoms with E-state index in [1.54, 1.807) is 29.2 Å². The minimum atomic E-state index is -0.478. The molecule has 3 heterocycles. The van der Waals surface area contributed by atoms with Gasteiger partial charge in [-0.1, -0.05) is 36.4 Å². The predicted octanol–water partition coefficient (Wildman–Crippen LogP) is 4.09. The fraction of sp³-hybridized carbons (Fsp3) is 0.200. The fourth-order valence-electron chi connectivity index (χ4n) is 4.33. The number of nitro groups is 1. The number of hydrogen-bond donors (Lipinski definition) is 0. The van der Waals surface area contributed by atoms with E-state index in [4.69, 9.17) is 0 Å². The average Bonchev–Trinajstić information content (AvgIpc) is 3.23. The van der Waals surface area contributed by atoms with Gasteiger partial charge in [0.25, 0.3) is 11.6 Å². The largest absolute Gasteiger partial charge is 0.353 e. The number of anilines is 1. The van der Waals surface area contributed by atoms with E-state index in [1.165, 1.54) is 18.3 Å². The number of carbonyl (C=O) groups is 1. The molecule has 9 heteroatoms. The van der Waals surface area contributed by atoms with Gasteiger partial charge in [0.15, 0.2) is 0 Å². The summed E-state index contributed by atoms with van der Waals surface area (Å²) in [6.07, 6.45) is 1.24. The molecule has 2 aromatic heterocycles. The number of fused-ring (bicyclic) bond motifs is 1. The molecule has 1 aliphatic rings. The molecule has 1 fully saturated rings. The van der Waals surface area contributed by atoms with Crippen LogP contribution in [0.5, 0.6) is 0 Å². The number of aromatic nitrogens is 2. The number of halogens is 1. The second-order valence-electron chi connectivity index (χ2n) is 8.18. The Morgan fingerprint density at radius 3 is 2.44 bits per heavy atom. The van der Waals surface area contributed by atoms with E-state index in [0.717, 1.165) is 10.9 Å². The van der Waals surface area contributed by atoms with Crippen LogP contribution in [-0.4, -0.2) is 51.5 Å². The molecular weight excluding hydrogens is 437 g/mol. The van der Waals surface area contributed by atoms with Gasteiger partial charge in [-0.05, 0) is 24.3 Å². The van der Waals surface area contributed by atoms with E-state index in [0.29, 0.717) is 43.3 Å². The number of piperazine rings is 1. The molecule has 0 bridgehead atoms. The van der Waals surface area contributed by atoms with Crippen LogP contribution in [0, 0.1) is 15.9 Å². The van der Waals surface area contributed by atoms with E-state index in [-0.39, 0.29) is 24.0 Å². The predicted molar refractivity (Wildman–Crippen MR) is 126 cm³/mol. The summed E-state index contributed by atoms with van der Waals surface area (Å²) < 4.78 is 16.3. The van der Waals surface area contributed by atoms with Gasteiger partial charge in [-0.3, -0.25) is 14.9 Å². The van der Waals surface area contributed by atoms with Gasteiger partial charge >= 0.3 is 0 Å². The first kappa shape index (κ1) is 21.6. The Morgan fingerprint density at radius 1 is 1.00 bits per heavy atom. The molecule has 8 nitrogen and oxygen atoms in total. The fourth-order valence-corrected chi connectivity index (χ4v) is 4.33. The number of para-hydroxylation sites is 1. The Labute approximate surface area is 195 Å². The standard InChI is InChI=1S/C25H22FN5O3/c26-21-7-3-1-6-19(21)17-30-22-8-4-2-5-18(22)15-23(30)25(32)29-13-11-28(12-14-29)24-10-9-20(16-27-24)31(33)34/h1-10,15-16H,11-14,17H2. The zero-order valence-electron chi connectivity index (χ0n) is 18.3. The zero-order chi connectivity index (χ0) is 23.7. The van der Waals surface area contributed by atoms with Crippen LogP contribution >= 0.6 is 0 Å². The van der Waals surface area contributed by atoms with Crippen LogP contribution in [0.3, 0.4) is 0 Å². The lowest BCUT2D eigenvalue weighted by Gasteiger charge is -2.35. The maximum atomic E-state index is 14.4.